The smallest absolute Gasteiger partial charge is 0.0553 e. The third-order valence-electron chi connectivity index (χ3n) is 4.19. The molecule has 1 unspecified atom stereocenters. The maximum Gasteiger partial charge on any atom is 0.0553 e. The Labute approximate surface area is 117 Å². The molecule has 0 radical (unpaired) electrons. The molecule has 0 spiro atoms. The van der Waals surface area contributed by atoms with Crippen LogP contribution in [0.2, 0.25) is 0 Å². The number of piperazine rings is 1. The third kappa shape index (κ3) is 3.27. The van der Waals surface area contributed by atoms with Gasteiger partial charge in [0.25, 0.3) is 0 Å². The second-order valence-electron chi connectivity index (χ2n) is 6.33. The zero-order valence-electron chi connectivity index (χ0n) is 12.9. The van der Waals surface area contributed by atoms with Crippen molar-refractivity contribution in [2.45, 2.75) is 39.7 Å². The van der Waals surface area contributed by atoms with Crippen LogP contribution in [0.15, 0.2) is 18.3 Å². The van der Waals surface area contributed by atoms with Gasteiger partial charge >= 0.3 is 0 Å². The van der Waals surface area contributed by atoms with E-state index in [2.05, 4.69) is 61.7 Å². The van der Waals surface area contributed by atoms with Crippen molar-refractivity contribution in [3.05, 3.63) is 24.0 Å². The Morgan fingerprint density at radius 2 is 1.89 bits per heavy atom. The molecule has 3 heteroatoms. The zero-order valence-corrected chi connectivity index (χ0v) is 12.9. The van der Waals surface area contributed by atoms with E-state index >= 15 is 0 Å². The Balaban J connectivity index is 2.09. The van der Waals surface area contributed by atoms with E-state index in [1.165, 1.54) is 11.4 Å². The maximum atomic E-state index is 4.59. The minimum absolute atomic E-state index is 0.505. The summed E-state index contributed by atoms with van der Waals surface area (Å²) >= 11 is 0. The van der Waals surface area contributed by atoms with Gasteiger partial charge in [-0.05, 0) is 31.0 Å². The van der Waals surface area contributed by atoms with Crippen LogP contribution in [0, 0.1) is 5.92 Å². The maximum absolute atomic E-state index is 4.59. The molecular formula is C16H27N3. The van der Waals surface area contributed by atoms with Crippen LogP contribution in [-0.4, -0.2) is 42.6 Å². The lowest BCUT2D eigenvalue weighted by Gasteiger charge is -2.42. The van der Waals surface area contributed by atoms with Crippen molar-refractivity contribution in [2.24, 2.45) is 5.92 Å². The molecule has 1 aromatic rings. The van der Waals surface area contributed by atoms with Crippen LogP contribution < -0.4 is 4.90 Å². The fourth-order valence-corrected chi connectivity index (χ4v) is 2.78. The standard InChI is InChI=1S/C16H27N3/c1-12(2)15-7-6-14(10-17-15)19-9-8-18(5)16(11-19)13(3)4/h6-7,10,12-13,16H,8-9,11H2,1-5H3. The minimum atomic E-state index is 0.505. The lowest BCUT2D eigenvalue weighted by molar-refractivity contribution is 0.173. The lowest BCUT2D eigenvalue weighted by atomic mass is 10.00. The van der Waals surface area contributed by atoms with Crippen LogP contribution in [0.25, 0.3) is 0 Å². The fraction of sp³-hybridized carbons (Fsp3) is 0.688. The molecular weight excluding hydrogens is 234 g/mol. The van der Waals surface area contributed by atoms with Crippen molar-refractivity contribution < 1.29 is 0 Å². The summed E-state index contributed by atoms with van der Waals surface area (Å²) in [6, 6.07) is 5.03. The average Bonchev–Trinajstić information content (AvgIpc) is 2.39. The van der Waals surface area contributed by atoms with Gasteiger partial charge in [-0.25, -0.2) is 0 Å². The first-order chi connectivity index (χ1) is 8.99. The highest BCUT2D eigenvalue weighted by Crippen LogP contribution is 2.22. The highest BCUT2D eigenvalue weighted by atomic mass is 15.3. The van der Waals surface area contributed by atoms with Crippen LogP contribution in [0.4, 0.5) is 5.69 Å². The molecule has 0 aliphatic carbocycles. The summed E-state index contributed by atoms with van der Waals surface area (Å²) in [6.07, 6.45) is 2.04. The van der Waals surface area contributed by atoms with Crippen molar-refractivity contribution in [3.8, 4) is 0 Å². The predicted octanol–water partition coefficient (Wildman–Crippen LogP) is 2.98. The van der Waals surface area contributed by atoms with E-state index in [-0.39, 0.29) is 0 Å². The predicted molar refractivity (Wildman–Crippen MR) is 81.8 cm³/mol. The first-order valence-corrected chi connectivity index (χ1v) is 7.40. The van der Waals surface area contributed by atoms with E-state index in [4.69, 9.17) is 0 Å². The Bertz CT molecular complexity index is 397. The van der Waals surface area contributed by atoms with Gasteiger partial charge in [-0.15, -0.1) is 0 Å². The van der Waals surface area contributed by atoms with Gasteiger partial charge in [-0.2, -0.15) is 0 Å². The van der Waals surface area contributed by atoms with Gasteiger partial charge in [0.05, 0.1) is 11.9 Å². The minimum Gasteiger partial charge on any atom is -0.367 e. The second kappa shape index (κ2) is 5.91. The summed E-state index contributed by atoms with van der Waals surface area (Å²) in [4.78, 5) is 9.54. The molecule has 1 atom stereocenters. The van der Waals surface area contributed by atoms with E-state index in [0.717, 1.165) is 19.6 Å². The molecule has 0 amide bonds. The Kier molecular flexibility index (Phi) is 4.46. The SMILES string of the molecule is CC(C)c1ccc(N2CCN(C)C(C(C)C)C2)cn1. The number of likely N-dealkylation sites (N-methyl/N-ethyl adjacent to an activating group) is 1. The lowest BCUT2D eigenvalue weighted by Crippen LogP contribution is -2.53. The van der Waals surface area contributed by atoms with Crippen molar-refractivity contribution in [1.82, 2.24) is 9.88 Å². The van der Waals surface area contributed by atoms with Crippen LogP contribution in [-0.2, 0) is 0 Å². The molecule has 1 aliphatic heterocycles. The van der Waals surface area contributed by atoms with Crippen LogP contribution >= 0.6 is 0 Å². The highest BCUT2D eigenvalue weighted by molar-refractivity contribution is 5.45. The summed E-state index contributed by atoms with van der Waals surface area (Å²) in [5.74, 6) is 1.20. The van der Waals surface area contributed by atoms with Gasteiger partial charge in [-0.3, -0.25) is 9.88 Å². The molecule has 19 heavy (non-hydrogen) atoms. The largest absolute Gasteiger partial charge is 0.367 e. The zero-order chi connectivity index (χ0) is 14.0. The summed E-state index contributed by atoms with van der Waals surface area (Å²) in [7, 11) is 2.24. The highest BCUT2D eigenvalue weighted by Gasteiger charge is 2.26. The molecule has 1 aliphatic rings. The molecule has 0 bridgehead atoms. The number of rotatable bonds is 3. The van der Waals surface area contributed by atoms with Gasteiger partial charge in [0.1, 0.15) is 0 Å². The molecule has 1 saturated heterocycles. The van der Waals surface area contributed by atoms with E-state index in [1.807, 2.05) is 6.20 Å². The molecule has 0 saturated carbocycles. The first-order valence-electron chi connectivity index (χ1n) is 7.40. The molecule has 3 nitrogen and oxygen atoms in total. The summed E-state index contributed by atoms with van der Waals surface area (Å²) in [5, 5.41) is 0. The van der Waals surface area contributed by atoms with Crippen molar-refractivity contribution in [2.75, 3.05) is 31.6 Å². The van der Waals surface area contributed by atoms with Crippen LogP contribution in [0.3, 0.4) is 0 Å². The number of hydrogen-bond acceptors (Lipinski definition) is 3. The van der Waals surface area contributed by atoms with E-state index < -0.39 is 0 Å². The monoisotopic (exact) mass is 261 g/mol. The molecule has 0 aromatic carbocycles. The molecule has 106 valence electrons. The fourth-order valence-electron chi connectivity index (χ4n) is 2.78. The Morgan fingerprint density at radius 1 is 1.16 bits per heavy atom. The number of nitrogens with zero attached hydrogens (tertiary/aromatic N) is 3. The van der Waals surface area contributed by atoms with Crippen LogP contribution in [0.1, 0.15) is 39.3 Å². The summed E-state index contributed by atoms with van der Waals surface area (Å²) < 4.78 is 0. The number of aromatic nitrogens is 1. The first kappa shape index (κ1) is 14.3. The second-order valence-corrected chi connectivity index (χ2v) is 6.33. The normalized spacial score (nSPS) is 21.4. The van der Waals surface area contributed by atoms with E-state index in [9.17, 15) is 0 Å². The summed E-state index contributed by atoms with van der Waals surface area (Å²) in [6.45, 7) is 12.3. The van der Waals surface area contributed by atoms with Gasteiger partial charge < -0.3 is 4.90 Å². The topological polar surface area (TPSA) is 19.4 Å². The quantitative estimate of drug-likeness (QED) is 0.834. The van der Waals surface area contributed by atoms with E-state index in [1.54, 1.807) is 0 Å². The molecule has 2 heterocycles. The van der Waals surface area contributed by atoms with Crippen molar-refractivity contribution >= 4 is 5.69 Å². The molecule has 1 fully saturated rings. The summed E-state index contributed by atoms with van der Waals surface area (Å²) in [5.41, 5.74) is 2.45. The van der Waals surface area contributed by atoms with Crippen molar-refractivity contribution in [1.29, 1.82) is 0 Å². The van der Waals surface area contributed by atoms with Gasteiger partial charge in [0, 0.05) is 31.4 Å². The number of pyridine rings is 1. The van der Waals surface area contributed by atoms with Crippen molar-refractivity contribution in [3.63, 3.8) is 0 Å². The third-order valence-corrected chi connectivity index (χ3v) is 4.19. The van der Waals surface area contributed by atoms with Gasteiger partial charge in [-0.1, -0.05) is 27.7 Å². The molecule has 0 N–H and O–H groups in total. The molecule has 1 aromatic heterocycles. The Morgan fingerprint density at radius 3 is 2.42 bits per heavy atom. The Hall–Kier alpha value is -1.09. The van der Waals surface area contributed by atoms with Gasteiger partial charge in [0.2, 0.25) is 0 Å². The number of anilines is 1. The molecule has 2 rings (SSSR count). The van der Waals surface area contributed by atoms with E-state index in [0.29, 0.717) is 17.9 Å². The van der Waals surface area contributed by atoms with Crippen LogP contribution in [0.5, 0.6) is 0 Å². The number of hydrogen-bond donors (Lipinski definition) is 0. The van der Waals surface area contributed by atoms with Gasteiger partial charge in [0.15, 0.2) is 0 Å². The average molecular weight is 261 g/mol.